The third-order valence-electron chi connectivity index (χ3n) is 9.04. The third-order valence-corrected chi connectivity index (χ3v) is 9.04. The van der Waals surface area contributed by atoms with Gasteiger partial charge in [-0.05, 0) is 65.8 Å². The zero-order chi connectivity index (χ0) is 34.7. The highest BCUT2D eigenvalue weighted by atomic mass is 16.6. The Bertz CT molecular complexity index is 1840. The Morgan fingerprint density at radius 1 is 0.900 bits per heavy atom. The van der Waals surface area contributed by atoms with Crippen molar-refractivity contribution in [1.82, 2.24) is 9.88 Å². The SMILES string of the molecule is COc1ccccc1COCCCOc1ccc(C2CCN(C(=O)OCc3ccccc3)CC2OC(C(C)=O)c2ccc3cc[nH]c3c2)cc1. The summed E-state index contributed by atoms with van der Waals surface area (Å²) in [4.78, 5) is 31.2. The number of amides is 1. The second-order valence-electron chi connectivity index (χ2n) is 12.5. The number of hydrogen-bond donors (Lipinski definition) is 1. The van der Waals surface area contributed by atoms with Crippen molar-refractivity contribution in [2.75, 3.05) is 33.4 Å². The summed E-state index contributed by atoms with van der Waals surface area (Å²) in [6, 6.07) is 33.3. The van der Waals surface area contributed by atoms with Crippen molar-refractivity contribution < 1.29 is 33.3 Å². The molecule has 1 aromatic heterocycles. The number of rotatable bonds is 15. The number of piperidine rings is 1. The minimum atomic E-state index is -0.789. The number of H-pyrrole nitrogens is 1. The molecule has 1 fully saturated rings. The van der Waals surface area contributed by atoms with Gasteiger partial charge in [-0.1, -0.05) is 72.8 Å². The number of nitrogens with zero attached hydrogens (tertiary/aromatic N) is 1. The lowest BCUT2D eigenvalue weighted by Crippen LogP contribution is -2.47. The molecular weight excluding hydrogens is 632 g/mol. The molecule has 4 aromatic carbocycles. The quantitative estimate of drug-likeness (QED) is 0.112. The Morgan fingerprint density at radius 2 is 1.70 bits per heavy atom. The van der Waals surface area contributed by atoms with E-state index in [-0.39, 0.29) is 18.3 Å². The predicted octanol–water partition coefficient (Wildman–Crippen LogP) is 8.00. The molecule has 0 radical (unpaired) electrons. The number of fused-ring (bicyclic) bond motifs is 1. The molecule has 0 aliphatic carbocycles. The molecule has 1 saturated heterocycles. The van der Waals surface area contributed by atoms with Gasteiger partial charge in [0.2, 0.25) is 0 Å². The van der Waals surface area contributed by atoms with E-state index >= 15 is 0 Å². The van der Waals surface area contributed by atoms with Crippen molar-refractivity contribution in [3.8, 4) is 11.5 Å². The molecule has 1 amide bonds. The minimum absolute atomic E-state index is 0.0540. The first-order chi connectivity index (χ1) is 24.5. The molecule has 0 bridgehead atoms. The van der Waals surface area contributed by atoms with E-state index in [0.29, 0.717) is 39.3 Å². The standard InChI is InChI=1S/C41H44N2O7/c1-29(44)40(33-14-13-32-19-21-42-37(32)25-33)50-39-26-43(41(45)49-27-30-9-4-3-5-10-30)22-20-36(39)31-15-17-35(18-16-31)48-24-8-23-47-28-34-11-6-7-12-38(34)46-2/h3-7,9-19,21,25,36,39-40,42H,8,20,22-24,26-28H2,1-2H3. The van der Waals surface area contributed by atoms with Crippen LogP contribution in [0.4, 0.5) is 4.79 Å². The van der Waals surface area contributed by atoms with Crippen molar-refractivity contribution in [3.05, 3.63) is 132 Å². The van der Waals surface area contributed by atoms with E-state index in [2.05, 4.69) is 4.98 Å². The number of nitrogens with one attached hydrogen (secondary N) is 1. The van der Waals surface area contributed by atoms with Gasteiger partial charge in [0.25, 0.3) is 0 Å². The van der Waals surface area contributed by atoms with Crippen LogP contribution in [0, 0.1) is 0 Å². The summed E-state index contributed by atoms with van der Waals surface area (Å²) in [5, 5.41) is 1.06. The average molecular weight is 677 g/mol. The Morgan fingerprint density at radius 3 is 2.50 bits per heavy atom. The lowest BCUT2D eigenvalue weighted by molar-refractivity contribution is -0.136. The highest BCUT2D eigenvalue weighted by Gasteiger charge is 2.37. The van der Waals surface area contributed by atoms with Gasteiger partial charge >= 0.3 is 6.09 Å². The van der Waals surface area contributed by atoms with Crippen LogP contribution in [0.1, 0.15) is 54.0 Å². The van der Waals surface area contributed by atoms with Crippen molar-refractivity contribution in [1.29, 1.82) is 0 Å². The fourth-order valence-electron chi connectivity index (χ4n) is 6.39. The van der Waals surface area contributed by atoms with Crippen molar-refractivity contribution in [2.24, 2.45) is 0 Å². The van der Waals surface area contributed by atoms with Gasteiger partial charge in [0, 0.05) is 36.2 Å². The molecule has 50 heavy (non-hydrogen) atoms. The van der Waals surface area contributed by atoms with Crippen LogP contribution in [0.2, 0.25) is 0 Å². The lowest BCUT2D eigenvalue weighted by atomic mass is 9.86. The normalized spacial score (nSPS) is 16.6. The number of ether oxygens (including phenoxy) is 5. The van der Waals surface area contributed by atoms with Crippen LogP contribution in [-0.2, 0) is 32.2 Å². The summed E-state index contributed by atoms with van der Waals surface area (Å²) >= 11 is 0. The third kappa shape index (κ3) is 8.91. The first-order valence-electron chi connectivity index (χ1n) is 17.1. The molecule has 3 atom stereocenters. The Kier molecular flexibility index (Phi) is 11.8. The van der Waals surface area contributed by atoms with Crippen molar-refractivity contribution in [3.63, 3.8) is 0 Å². The van der Waals surface area contributed by atoms with Gasteiger partial charge in [0.15, 0.2) is 5.78 Å². The summed E-state index contributed by atoms with van der Waals surface area (Å²) in [6.07, 6.45) is 1.63. The molecule has 1 aliphatic rings. The maximum Gasteiger partial charge on any atom is 0.410 e. The van der Waals surface area contributed by atoms with E-state index < -0.39 is 18.3 Å². The molecule has 9 nitrogen and oxygen atoms in total. The zero-order valence-corrected chi connectivity index (χ0v) is 28.6. The van der Waals surface area contributed by atoms with Crippen molar-refractivity contribution >= 4 is 22.8 Å². The average Bonchev–Trinajstić information content (AvgIpc) is 3.63. The van der Waals surface area contributed by atoms with E-state index in [1.807, 2.05) is 109 Å². The van der Waals surface area contributed by atoms with Crippen LogP contribution < -0.4 is 9.47 Å². The van der Waals surface area contributed by atoms with Gasteiger partial charge in [-0.2, -0.15) is 0 Å². The zero-order valence-electron chi connectivity index (χ0n) is 28.6. The van der Waals surface area contributed by atoms with Crippen LogP contribution in [0.25, 0.3) is 10.9 Å². The lowest BCUT2D eigenvalue weighted by Gasteiger charge is -2.39. The number of hydrogen-bond acceptors (Lipinski definition) is 7. The molecule has 1 aliphatic heterocycles. The Hall–Kier alpha value is -5.12. The fraction of sp³-hybridized carbons (Fsp3) is 0.317. The first-order valence-corrected chi connectivity index (χ1v) is 17.1. The highest BCUT2D eigenvalue weighted by molar-refractivity contribution is 5.85. The molecule has 260 valence electrons. The molecule has 9 heteroatoms. The highest BCUT2D eigenvalue weighted by Crippen LogP contribution is 2.36. The second kappa shape index (κ2) is 17.0. The summed E-state index contributed by atoms with van der Waals surface area (Å²) < 4.78 is 29.6. The number of para-hydroxylation sites is 1. The number of methoxy groups -OCH3 is 1. The largest absolute Gasteiger partial charge is 0.496 e. The minimum Gasteiger partial charge on any atom is -0.496 e. The van der Waals surface area contributed by atoms with Gasteiger partial charge in [-0.15, -0.1) is 0 Å². The summed E-state index contributed by atoms with van der Waals surface area (Å²) in [6.45, 7) is 4.10. The number of aromatic amines is 1. The maximum atomic E-state index is 13.2. The van der Waals surface area contributed by atoms with Gasteiger partial charge in [0.1, 0.15) is 24.2 Å². The van der Waals surface area contributed by atoms with Crippen LogP contribution >= 0.6 is 0 Å². The first kappa shape index (κ1) is 34.7. The molecule has 1 N–H and O–H groups in total. The maximum absolute atomic E-state index is 13.2. The van der Waals surface area contributed by atoms with E-state index in [4.69, 9.17) is 23.7 Å². The summed E-state index contributed by atoms with van der Waals surface area (Å²) in [5.41, 5.74) is 4.69. The van der Waals surface area contributed by atoms with Crippen LogP contribution in [0.5, 0.6) is 11.5 Å². The van der Waals surface area contributed by atoms with E-state index in [1.165, 1.54) is 0 Å². The number of Topliss-reactive ketones (excluding diaryl/α,β-unsaturated/α-hetero) is 1. The van der Waals surface area contributed by atoms with Gasteiger partial charge in [-0.25, -0.2) is 4.79 Å². The molecular formula is C41H44N2O7. The molecule has 2 heterocycles. The monoisotopic (exact) mass is 676 g/mol. The molecule has 6 rings (SSSR count). The Balaban J connectivity index is 1.10. The number of carbonyl (C=O) groups is 2. The molecule has 3 unspecified atom stereocenters. The van der Waals surface area contributed by atoms with Crippen LogP contribution in [0.3, 0.4) is 0 Å². The van der Waals surface area contributed by atoms with E-state index in [0.717, 1.165) is 51.1 Å². The van der Waals surface area contributed by atoms with Crippen LogP contribution in [0.15, 0.2) is 109 Å². The van der Waals surface area contributed by atoms with Crippen LogP contribution in [-0.4, -0.2) is 61.3 Å². The summed E-state index contributed by atoms with van der Waals surface area (Å²) in [7, 11) is 1.66. The fourth-order valence-corrected chi connectivity index (χ4v) is 6.39. The predicted molar refractivity (Wildman–Crippen MR) is 191 cm³/mol. The van der Waals surface area contributed by atoms with Gasteiger partial charge < -0.3 is 33.6 Å². The number of ketones is 1. The molecule has 0 spiro atoms. The van der Waals surface area contributed by atoms with Crippen molar-refractivity contribution in [2.45, 2.75) is 51.1 Å². The number of likely N-dealkylation sites (tertiary alicyclic amines) is 1. The number of carbonyl (C=O) groups excluding carboxylic acids is 2. The smallest absolute Gasteiger partial charge is 0.410 e. The second-order valence-corrected chi connectivity index (χ2v) is 12.5. The van der Waals surface area contributed by atoms with E-state index in [9.17, 15) is 9.59 Å². The molecule has 5 aromatic rings. The van der Waals surface area contributed by atoms with Gasteiger partial charge in [-0.3, -0.25) is 4.79 Å². The van der Waals surface area contributed by atoms with E-state index in [1.54, 1.807) is 18.9 Å². The topological polar surface area (TPSA) is 99.3 Å². The number of benzene rings is 4. The number of aromatic nitrogens is 1. The Labute approximate surface area is 293 Å². The molecule has 0 saturated carbocycles. The van der Waals surface area contributed by atoms with Gasteiger partial charge in [0.05, 0.1) is 39.6 Å². The summed E-state index contributed by atoms with van der Waals surface area (Å²) in [5.74, 6) is 1.43.